The topological polar surface area (TPSA) is 18.5 Å². The zero-order valence-corrected chi connectivity index (χ0v) is 12.4. The molecule has 2 heteroatoms. The maximum atomic E-state index is 6.06. The molecule has 108 valence electrons. The van der Waals surface area contributed by atoms with Crippen molar-refractivity contribution in [1.82, 2.24) is 0 Å². The molecule has 0 aliphatic carbocycles. The summed E-state index contributed by atoms with van der Waals surface area (Å²) in [6.07, 6.45) is 4.30. The number of hydrogen-bond donors (Lipinski definition) is 0. The summed E-state index contributed by atoms with van der Waals surface area (Å²) in [7, 11) is 1.68. The minimum absolute atomic E-state index is 0.544. The van der Waals surface area contributed by atoms with Crippen molar-refractivity contribution in [3.05, 3.63) is 71.3 Å². The SMILES string of the molecule is COc1ccc2c(c1)COc1ccc3ccccc3c1/C=C\2. The Kier molecular flexibility index (Phi) is 3.08. The van der Waals surface area contributed by atoms with E-state index < -0.39 is 0 Å². The monoisotopic (exact) mass is 288 g/mol. The minimum atomic E-state index is 0.544. The predicted octanol–water partition coefficient (Wildman–Crippen LogP) is 4.91. The first kappa shape index (κ1) is 13.0. The molecule has 3 aromatic rings. The Hall–Kier alpha value is -2.74. The van der Waals surface area contributed by atoms with Crippen molar-refractivity contribution in [3.63, 3.8) is 0 Å². The van der Waals surface area contributed by atoms with Gasteiger partial charge < -0.3 is 9.47 Å². The third-order valence-corrected chi connectivity index (χ3v) is 4.09. The van der Waals surface area contributed by atoms with Gasteiger partial charge in [-0.25, -0.2) is 0 Å². The second-order valence-electron chi connectivity index (χ2n) is 5.39. The molecule has 1 aliphatic heterocycles. The summed E-state index contributed by atoms with van der Waals surface area (Å²) < 4.78 is 11.4. The molecule has 1 aliphatic rings. The van der Waals surface area contributed by atoms with Gasteiger partial charge in [0.1, 0.15) is 18.1 Å². The fourth-order valence-corrected chi connectivity index (χ4v) is 2.90. The van der Waals surface area contributed by atoms with Crippen LogP contribution in [0.5, 0.6) is 11.5 Å². The Morgan fingerprint density at radius 3 is 2.77 bits per heavy atom. The molecule has 0 N–H and O–H groups in total. The quantitative estimate of drug-likeness (QED) is 0.633. The van der Waals surface area contributed by atoms with E-state index in [2.05, 4.69) is 48.6 Å². The maximum absolute atomic E-state index is 6.06. The van der Waals surface area contributed by atoms with Crippen LogP contribution >= 0.6 is 0 Å². The van der Waals surface area contributed by atoms with Crippen molar-refractivity contribution in [3.8, 4) is 11.5 Å². The molecule has 0 saturated carbocycles. The molecule has 2 nitrogen and oxygen atoms in total. The summed E-state index contributed by atoms with van der Waals surface area (Å²) in [5.41, 5.74) is 3.44. The van der Waals surface area contributed by atoms with E-state index in [4.69, 9.17) is 9.47 Å². The van der Waals surface area contributed by atoms with Crippen LogP contribution in [0.4, 0.5) is 0 Å². The van der Waals surface area contributed by atoms with Crippen molar-refractivity contribution >= 4 is 22.9 Å². The van der Waals surface area contributed by atoms with E-state index in [1.165, 1.54) is 16.3 Å². The van der Waals surface area contributed by atoms with E-state index in [-0.39, 0.29) is 0 Å². The van der Waals surface area contributed by atoms with Gasteiger partial charge in [-0.1, -0.05) is 48.6 Å². The van der Waals surface area contributed by atoms with Crippen LogP contribution in [0.15, 0.2) is 54.6 Å². The van der Waals surface area contributed by atoms with Gasteiger partial charge in [0.25, 0.3) is 0 Å². The van der Waals surface area contributed by atoms with Gasteiger partial charge in [-0.05, 0) is 34.5 Å². The summed E-state index contributed by atoms with van der Waals surface area (Å²) in [4.78, 5) is 0. The molecule has 0 spiro atoms. The standard InChI is InChI=1S/C20H16O2/c1-21-17-9-6-14-7-10-19-18-5-3-2-4-15(18)8-11-20(19)22-13-16(14)12-17/h2-12H,13H2,1H3/b10-7-. The normalized spacial score (nSPS) is 14.2. The average Bonchev–Trinajstić information content (AvgIpc) is 2.56. The fraction of sp³-hybridized carbons (Fsp3) is 0.100. The summed E-state index contributed by atoms with van der Waals surface area (Å²) in [6, 6.07) is 18.6. The Labute approximate surface area is 129 Å². The van der Waals surface area contributed by atoms with E-state index in [1.54, 1.807) is 7.11 Å². The Morgan fingerprint density at radius 2 is 1.86 bits per heavy atom. The van der Waals surface area contributed by atoms with E-state index in [0.29, 0.717) is 6.61 Å². The molecule has 0 atom stereocenters. The second kappa shape index (κ2) is 5.23. The third-order valence-electron chi connectivity index (χ3n) is 4.09. The van der Waals surface area contributed by atoms with Crippen LogP contribution in [-0.4, -0.2) is 7.11 Å². The molecule has 0 aromatic heterocycles. The minimum Gasteiger partial charge on any atom is -0.497 e. The molecule has 0 fully saturated rings. The van der Waals surface area contributed by atoms with E-state index >= 15 is 0 Å². The largest absolute Gasteiger partial charge is 0.497 e. The van der Waals surface area contributed by atoms with Gasteiger partial charge in [-0.3, -0.25) is 0 Å². The van der Waals surface area contributed by atoms with Gasteiger partial charge >= 0.3 is 0 Å². The highest BCUT2D eigenvalue weighted by molar-refractivity contribution is 5.95. The lowest BCUT2D eigenvalue weighted by atomic mass is 9.99. The summed E-state index contributed by atoms with van der Waals surface area (Å²) >= 11 is 0. The highest BCUT2D eigenvalue weighted by Crippen LogP contribution is 2.33. The zero-order chi connectivity index (χ0) is 14.9. The summed E-state index contributed by atoms with van der Waals surface area (Å²) in [5, 5.41) is 2.44. The number of hydrogen-bond acceptors (Lipinski definition) is 2. The van der Waals surface area contributed by atoms with Gasteiger partial charge in [0.05, 0.1) is 7.11 Å². The molecule has 0 saturated heterocycles. The van der Waals surface area contributed by atoms with Crippen LogP contribution in [0, 0.1) is 0 Å². The first-order valence-corrected chi connectivity index (χ1v) is 7.35. The van der Waals surface area contributed by atoms with E-state index in [1.807, 2.05) is 18.2 Å². The Balaban J connectivity index is 1.88. The number of benzene rings is 3. The molecular weight excluding hydrogens is 272 g/mol. The molecule has 3 aromatic carbocycles. The molecule has 0 bridgehead atoms. The molecular formula is C20H16O2. The predicted molar refractivity (Wildman–Crippen MR) is 90.2 cm³/mol. The van der Waals surface area contributed by atoms with Crippen LogP contribution in [-0.2, 0) is 6.61 Å². The number of methoxy groups -OCH3 is 1. The summed E-state index contributed by atoms with van der Waals surface area (Å²) in [5.74, 6) is 1.78. The third kappa shape index (κ3) is 2.13. The van der Waals surface area contributed by atoms with Gasteiger partial charge in [0.15, 0.2) is 0 Å². The highest BCUT2D eigenvalue weighted by Gasteiger charge is 2.11. The van der Waals surface area contributed by atoms with E-state index in [9.17, 15) is 0 Å². The van der Waals surface area contributed by atoms with Crippen LogP contribution in [0.25, 0.3) is 22.9 Å². The van der Waals surface area contributed by atoms with Gasteiger partial charge in [-0.2, -0.15) is 0 Å². The maximum Gasteiger partial charge on any atom is 0.127 e. The first-order chi connectivity index (χ1) is 10.8. The number of rotatable bonds is 1. The van der Waals surface area contributed by atoms with Gasteiger partial charge in [0.2, 0.25) is 0 Å². The van der Waals surface area contributed by atoms with Gasteiger partial charge in [0, 0.05) is 11.1 Å². The fourth-order valence-electron chi connectivity index (χ4n) is 2.90. The van der Waals surface area contributed by atoms with Crippen LogP contribution in [0.1, 0.15) is 16.7 Å². The van der Waals surface area contributed by atoms with Crippen LogP contribution < -0.4 is 9.47 Å². The van der Waals surface area contributed by atoms with Gasteiger partial charge in [-0.15, -0.1) is 0 Å². The molecule has 22 heavy (non-hydrogen) atoms. The molecule has 0 amide bonds. The molecule has 0 radical (unpaired) electrons. The smallest absolute Gasteiger partial charge is 0.127 e. The van der Waals surface area contributed by atoms with Crippen LogP contribution in [0.3, 0.4) is 0 Å². The summed E-state index contributed by atoms with van der Waals surface area (Å²) in [6.45, 7) is 0.544. The van der Waals surface area contributed by atoms with Crippen molar-refractivity contribution in [2.75, 3.05) is 7.11 Å². The highest BCUT2D eigenvalue weighted by atomic mass is 16.5. The Morgan fingerprint density at radius 1 is 0.955 bits per heavy atom. The number of ether oxygens (including phenoxy) is 2. The average molecular weight is 288 g/mol. The Bertz CT molecular complexity index is 878. The lowest BCUT2D eigenvalue weighted by molar-refractivity contribution is 0.304. The molecule has 0 unspecified atom stereocenters. The van der Waals surface area contributed by atoms with Crippen molar-refractivity contribution in [2.45, 2.75) is 6.61 Å². The zero-order valence-electron chi connectivity index (χ0n) is 12.4. The molecule has 4 rings (SSSR count). The second-order valence-corrected chi connectivity index (χ2v) is 5.39. The van der Waals surface area contributed by atoms with Crippen LogP contribution in [0.2, 0.25) is 0 Å². The lowest BCUT2D eigenvalue weighted by Crippen LogP contribution is -2.02. The first-order valence-electron chi connectivity index (χ1n) is 7.35. The van der Waals surface area contributed by atoms with E-state index in [0.717, 1.165) is 22.6 Å². The number of fused-ring (bicyclic) bond motifs is 4. The van der Waals surface area contributed by atoms with Crippen molar-refractivity contribution in [2.24, 2.45) is 0 Å². The lowest BCUT2D eigenvalue weighted by Gasteiger charge is -2.16. The van der Waals surface area contributed by atoms with Crippen molar-refractivity contribution in [1.29, 1.82) is 0 Å². The van der Waals surface area contributed by atoms with Crippen molar-refractivity contribution < 1.29 is 9.47 Å². The molecule has 1 heterocycles.